The smallest absolute Gasteiger partial charge is 0.417 e. The van der Waals surface area contributed by atoms with Gasteiger partial charge in [-0.3, -0.25) is 0 Å². The summed E-state index contributed by atoms with van der Waals surface area (Å²) in [6.45, 7) is -0.165. The van der Waals surface area contributed by atoms with Crippen LogP contribution in [0.3, 0.4) is 0 Å². The second kappa shape index (κ2) is 6.48. The lowest BCUT2D eigenvalue weighted by Gasteiger charge is -2.13. The molecule has 0 spiro atoms. The molecule has 0 heterocycles. The molecule has 2 rings (SSSR count). The van der Waals surface area contributed by atoms with Crippen molar-refractivity contribution in [3.05, 3.63) is 69.4 Å². The van der Waals surface area contributed by atoms with Crippen LogP contribution in [0.2, 0.25) is 0 Å². The minimum Gasteiger partial charge on any atom is -0.457 e. The lowest BCUT2D eigenvalue weighted by Crippen LogP contribution is -2.13. The number of halogens is 5. The molecule has 2 nitrogen and oxygen atoms in total. The summed E-state index contributed by atoms with van der Waals surface area (Å²) >= 11 is 2.63. The van der Waals surface area contributed by atoms with E-state index in [9.17, 15) is 22.4 Å². The van der Waals surface area contributed by atoms with Gasteiger partial charge in [0.15, 0.2) is 0 Å². The number of alkyl halides is 3. The van der Waals surface area contributed by atoms with Crippen molar-refractivity contribution in [2.75, 3.05) is 0 Å². The van der Waals surface area contributed by atoms with Crippen LogP contribution in [0.15, 0.2) is 46.9 Å². The quantitative estimate of drug-likeness (QED) is 0.558. The zero-order valence-corrected chi connectivity index (χ0v) is 12.5. The van der Waals surface area contributed by atoms with Crippen LogP contribution in [0.1, 0.15) is 21.5 Å². The Morgan fingerprint density at radius 3 is 2.32 bits per heavy atom. The van der Waals surface area contributed by atoms with Crippen molar-refractivity contribution in [2.45, 2.75) is 12.8 Å². The SMILES string of the molecule is O=C(OCc1ccccc1)c1c(F)ccc(C(F)(F)F)c1Br. The molecule has 0 amide bonds. The second-order valence-corrected chi connectivity index (χ2v) is 5.14. The molecule has 0 unspecified atom stereocenters. The summed E-state index contributed by atoms with van der Waals surface area (Å²) in [6, 6.07) is 9.68. The van der Waals surface area contributed by atoms with E-state index in [2.05, 4.69) is 15.9 Å². The van der Waals surface area contributed by atoms with Crippen molar-refractivity contribution in [3.63, 3.8) is 0 Å². The van der Waals surface area contributed by atoms with E-state index in [1.54, 1.807) is 30.3 Å². The minimum atomic E-state index is -4.71. The van der Waals surface area contributed by atoms with Crippen LogP contribution in [0.5, 0.6) is 0 Å². The molecule has 0 fully saturated rings. The van der Waals surface area contributed by atoms with E-state index in [0.29, 0.717) is 17.7 Å². The Labute approximate surface area is 131 Å². The van der Waals surface area contributed by atoms with E-state index in [-0.39, 0.29) is 6.61 Å². The van der Waals surface area contributed by atoms with Gasteiger partial charge in [0, 0.05) is 4.47 Å². The first-order valence-corrected chi connectivity index (χ1v) is 6.86. The average molecular weight is 377 g/mol. The van der Waals surface area contributed by atoms with E-state index < -0.39 is 33.6 Å². The second-order valence-electron chi connectivity index (χ2n) is 4.34. The van der Waals surface area contributed by atoms with Crippen molar-refractivity contribution in [3.8, 4) is 0 Å². The zero-order valence-electron chi connectivity index (χ0n) is 11.0. The van der Waals surface area contributed by atoms with Crippen molar-refractivity contribution in [1.82, 2.24) is 0 Å². The first-order valence-electron chi connectivity index (χ1n) is 6.07. The van der Waals surface area contributed by atoms with Crippen LogP contribution in [0, 0.1) is 5.82 Å². The van der Waals surface area contributed by atoms with E-state index in [0.717, 1.165) is 0 Å². The number of hydrogen-bond acceptors (Lipinski definition) is 2. The zero-order chi connectivity index (χ0) is 16.3. The molecule has 0 atom stereocenters. The summed E-state index contributed by atoms with van der Waals surface area (Å²) in [4.78, 5) is 11.9. The summed E-state index contributed by atoms with van der Waals surface area (Å²) in [5.41, 5.74) is -1.27. The lowest BCUT2D eigenvalue weighted by molar-refractivity contribution is -0.138. The van der Waals surface area contributed by atoms with Gasteiger partial charge in [0.05, 0.1) is 5.56 Å². The van der Waals surface area contributed by atoms with Gasteiger partial charge in [-0.25, -0.2) is 9.18 Å². The molecule has 0 saturated carbocycles. The van der Waals surface area contributed by atoms with Crippen molar-refractivity contribution < 1.29 is 27.1 Å². The Bertz CT molecular complexity index is 684. The maximum atomic E-state index is 13.7. The Kier molecular flexibility index (Phi) is 4.85. The first-order chi connectivity index (χ1) is 10.3. The van der Waals surface area contributed by atoms with Crippen molar-refractivity contribution in [1.29, 1.82) is 0 Å². The number of ether oxygens (including phenoxy) is 1. The molecule has 0 aliphatic rings. The molecule has 0 aromatic heterocycles. The number of hydrogen-bond donors (Lipinski definition) is 0. The monoisotopic (exact) mass is 376 g/mol. The molecule has 0 N–H and O–H groups in total. The molecule has 0 radical (unpaired) electrons. The summed E-state index contributed by atoms with van der Waals surface area (Å²) in [5.74, 6) is -2.25. The molecule has 2 aromatic rings. The van der Waals surface area contributed by atoms with Gasteiger partial charge in [0.25, 0.3) is 0 Å². The van der Waals surface area contributed by atoms with Gasteiger partial charge in [0.1, 0.15) is 18.0 Å². The fourth-order valence-corrected chi connectivity index (χ4v) is 2.46. The van der Waals surface area contributed by atoms with Crippen molar-refractivity contribution in [2.24, 2.45) is 0 Å². The summed E-state index contributed by atoms with van der Waals surface area (Å²) < 4.78 is 56.2. The Hall–Kier alpha value is -1.89. The highest BCUT2D eigenvalue weighted by atomic mass is 79.9. The van der Waals surface area contributed by atoms with E-state index in [4.69, 9.17) is 4.74 Å². The molecular weight excluding hydrogens is 368 g/mol. The van der Waals surface area contributed by atoms with Gasteiger partial charge in [-0.1, -0.05) is 30.3 Å². The third-order valence-corrected chi connectivity index (χ3v) is 3.64. The normalized spacial score (nSPS) is 11.3. The van der Waals surface area contributed by atoms with Crippen LogP contribution in [0.4, 0.5) is 17.6 Å². The highest BCUT2D eigenvalue weighted by Crippen LogP contribution is 2.37. The molecule has 0 aliphatic heterocycles. The molecule has 7 heteroatoms. The highest BCUT2D eigenvalue weighted by Gasteiger charge is 2.36. The van der Waals surface area contributed by atoms with E-state index >= 15 is 0 Å². The third-order valence-electron chi connectivity index (χ3n) is 2.81. The molecule has 0 aliphatic carbocycles. The fourth-order valence-electron chi connectivity index (χ4n) is 1.75. The van der Waals surface area contributed by atoms with Crippen LogP contribution in [-0.4, -0.2) is 5.97 Å². The predicted molar refractivity (Wildman–Crippen MR) is 74.7 cm³/mol. The molecule has 0 bridgehead atoms. The van der Waals surface area contributed by atoms with Gasteiger partial charge in [-0.05, 0) is 33.6 Å². The van der Waals surface area contributed by atoms with E-state index in [1.807, 2.05) is 0 Å². The summed E-state index contributed by atoms with van der Waals surface area (Å²) in [7, 11) is 0. The Morgan fingerprint density at radius 1 is 1.09 bits per heavy atom. The summed E-state index contributed by atoms with van der Waals surface area (Å²) in [5, 5.41) is 0. The third kappa shape index (κ3) is 3.65. The number of esters is 1. The van der Waals surface area contributed by atoms with E-state index in [1.165, 1.54) is 0 Å². The van der Waals surface area contributed by atoms with Crippen LogP contribution in [-0.2, 0) is 17.5 Å². The summed E-state index contributed by atoms with van der Waals surface area (Å²) in [6.07, 6.45) is -4.71. The molecule has 0 saturated heterocycles. The predicted octanol–water partition coefficient (Wildman–Crippen LogP) is 4.96. The molecule has 2 aromatic carbocycles. The van der Waals surface area contributed by atoms with Gasteiger partial charge in [0.2, 0.25) is 0 Å². The van der Waals surface area contributed by atoms with Gasteiger partial charge >= 0.3 is 12.1 Å². The number of benzene rings is 2. The highest BCUT2D eigenvalue weighted by molar-refractivity contribution is 9.10. The fraction of sp³-hybridized carbons (Fsp3) is 0.133. The average Bonchev–Trinajstić information content (AvgIpc) is 2.45. The van der Waals surface area contributed by atoms with Gasteiger partial charge < -0.3 is 4.74 Å². The number of carbonyl (C=O) groups is 1. The lowest BCUT2D eigenvalue weighted by atomic mass is 10.1. The van der Waals surface area contributed by atoms with Gasteiger partial charge in [-0.2, -0.15) is 13.2 Å². The first kappa shape index (κ1) is 16.5. The van der Waals surface area contributed by atoms with Crippen LogP contribution < -0.4 is 0 Å². The standard InChI is InChI=1S/C15H9BrF4O2/c16-13-10(15(18,19)20)6-7-11(17)12(13)14(21)22-8-9-4-2-1-3-5-9/h1-7H,8H2. The maximum absolute atomic E-state index is 13.7. The Morgan fingerprint density at radius 2 is 1.73 bits per heavy atom. The Balaban J connectivity index is 2.26. The minimum absolute atomic E-state index is 0.165. The molecular formula is C15H9BrF4O2. The number of carbonyl (C=O) groups excluding carboxylic acids is 1. The van der Waals surface area contributed by atoms with Gasteiger partial charge in [-0.15, -0.1) is 0 Å². The van der Waals surface area contributed by atoms with Crippen molar-refractivity contribution >= 4 is 21.9 Å². The maximum Gasteiger partial charge on any atom is 0.417 e. The van der Waals surface area contributed by atoms with Crippen LogP contribution >= 0.6 is 15.9 Å². The molecule has 22 heavy (non-hydrogen) atoms. The molecule has 116 valence electrons. The number of rotatable bonds is 3. The largest absolute Gasteiger partial charge is 0.457 e. The van der Waals surface area contributed by atoms with Crippen LogP contribution in [0.25, 0.3) is 0 Å². The topological polar surface area (TPSA) is 26.3 Å².